The molecule has 1 aromatic heterocycles. The smallest absolute Gasteiger partial charge is 0.234 e. The van der Waals surface area contributed by atoms with Crippen LogP contribution in [0, 0.1) is 0 Å². The molecule has 1 aromatic rings. The van der Waals surface area contributed by atoms with E-state index in [1.54, 1.807) is 4.68 Å². The van der Waals surface area contributed by atoms with Crippen LogP contribution in [0.4, 0.5) is 0 Å². The van der Waals surface area contributed by atoms with E-state index in [-0.39, 0.29) is 16.8 Å². The number of unbranched alkanes of at least 4 members (excludes halogenated alkanes) is 5. The number of aromatic hydroxyl groups is 1. The van der Waals surface area contributed by atoms with Gasteiger partial charge in [0.05, 0.1) is 5.54 Å². The summed E-state index contributed by atoms with van der Waals surface area (Å²) in [7, 11) is 0. The second-order valence-electron chi connectivity index (χ2n) is 7.75. The largest absolute Gasteiger partial charge is 0.492 e. The molecule has 1 heterocycles. The summed E-state index contributed by atoms with van der Waals surface area (Å²) in [5.74, 6) is 0.221. The highest BCUT2D eigenvalue weighted by Gasteiger charge is 2.30. The maximum Gasteiger partial charge on any atom is 0.234 e. The third-order valence-electron chi connectivity index (χ3n) is 4.07. The third kappa shape index (κ3) is 5.01. The molecule has 21 heavy (non-hydrogen) atoms. The third-order valence-corrected chi connectivity index (χ3v) is 4.07. The molecule has 0 aliphatic heterocycles. The van der Waals surface area contributed by atoms with Crippen molar-refractivity contribution in [3.05, 3.63) is 5.69 Å². The van der Waals surface area contributed by atoms with Crippen molar-refractivity contribution in [1.29, 1.82) is 0 Å². The average molecular weight is 295 g/mol. The Bertz CT molecular complexity index is 430. The van der Waals surface area contributed by atoms with E-state index in [1.165, 1.54) is 38.5 Å². The van der Waals surface area contributed by atoms with E-state index in [2.05, 4.69) is 31.1 Å². The Labute approximate surface area is 129 Å². The summed E-state index contributed by atoms with van der Waals surface area (Å²) in [5.41, 5.74) is 0.308. The van der Waals surface area contributed by atoms with Crippen LogP contribution in [-0.2, 0) is 11.0 Å². The van der Waals surface area contributed by atoms with Gasteiger partial charge in [-0.15, -0.1) is 5.10 Å². The first-order chi connectivity index (χ1) is 9.70. The first-order valence-corrected chi connectivity index (χ1v) is 8.36. The highest BCUT2D eigenvalue weighted by Crippen LogP contribution is 2.33. The lowest BCUT2D eigenvalue weighted by Crippen LogP contribution is -2.27. The summed E-state index contributed by atoms with van der Waals surface area (Å²) in [5, 5.41) is 18.8. The van der Waals surface area contributed by atoms with E-state index in [4.69, 9.17) is 0 Å². The summed E-state index contributed by atoms with van der Waals surface area (Å²) in [4.78, 5) is 0. The molecule has 1 rings (SSSR count). The van der Waals surface area contributed by atoms with E-state index >= 15 is 0 Å². The Morgan fingerprint density at radius 2 is 1.52 bits per heavy atom. The minimum Gasteiger partial charge on any atom is -0.492 e. The Hall–Kier alpha value is -1.06. The van der Waals surface area contributed by atoms with Crippen molar-refractivity contribution < 1.29 is 5.11 Å². The number of hydrogen-bond donors (Lipinski definition) is 1. The van der Waals surface area contributed by atoms with E-state index in [1.807, 2.05) is 20.8 Å². The van der Waals surface area contributed by atoms with E-state index < -0.39 is 0 Å². The molecule has 0 unspecified atom stereocenters. The molecule has 0 amide bonds. The lowest BCUT2D eigenvalue weighted by atomic mass is 9.92. The van der Waals surface area contributed by atoms with E-state index in [0.29, 0.717) is 5.69 Å². The molecular weight excluding hydrogens is 262 g/mol. The van der Waals surface area contributed by atoms with Crippen LogP contribution in [-0.4, -0.2) is 20.1 Å². The summed E-state index contributed by atoms with van der Waals surface area (Å²) in [6, 6.07) is 0. The Morgan fingerprint density at radius 1 is 0.952 bits per heavy atom. The average Bonchev–Trinajstić information content (AvgIpc) is 2.76. The van der Waals surface area contributed by atoms with Crippen molar-refractivity contribution in [2.75, 3.05) is 0 Å². The van der Waals surface area contributed by atoms with Gasteiger partial charge in [0.15, 0.2) is 0 Å². The van der Waals surface area contributed by atoms with Crippen LogP contribution in [0.3, 0.4) is 0 Å². The minimum absolute atomic E-state index is 0.182. The van der Waals surface area contributed by atoms with Gasteiger partial charge in [-0.3, -0.25) is 0 Å². The summed E-state index contributed by atoms with van der Waals surface area (Å²) in [6.07, 6.45) is 8.70. The van der Waals surface area contributed by atoms with Gasteiger partial charge in [-0.25, -0.2) is 4.68 Å². The molecule has 0 saturated carbocycles. The first-order valence-electron chi connectivity index (χ1n) is 8.36. The monoisotopic (exact) mass is 295 g/mol. The molecule has 0 aromatic carbocycles. The fourth-order valence-electron chi connectivity index (χ4n) is 2.61. The molecule has 0 radical (unpaired) electrons. The Kier molecular flexibility index (Phi) is 6.24. The second kappa shape index (κ2) is 7.28. The molecule has 0 bridgehead atoms. The van der Waals surface area contributed by atoms with Crippen molar-refractivity contribution >= 4 is 0 Å². The summed E-state index contributed by atoms with van der Waals surface area (Å²) in [6.45, 7) is 12.6. The van der Waals surface area contributed by atoms with Gasteiger partial charge in [0, 0.05) is 5.41 Å². The molecule has 0 atom stereocenters. The maximum atomic E-state index is 10.4. The maximum absolute atomic E-state index is 10.4. The van der Waals surface area contributed by atoms with Crippen molar-refractivity contribution in [3.8, 4) is 5.88 Å². The molecule has 0 fully saturated rings. The van der Waals surface area contributed by atoms with Gasteiger partial charge >= 0.3 is 0 Å². The Balaban J connectivity index is 2.60. The predicted molar refractivity (Wildman–Crippen MR) is 87.7 cm³/mol. The molecule has 0 spiro atoms. The zero-order chi connectivity index (χ0) is 16.1. The van der Waals surface area contributed by atoms with Crippen LogP contribution in [0.25, 0.3) is 0 Å². The van der Waals surface area contributed by atoms with Gasteiger partial charge in [-0.1, -0.05) is 71.4 Å². The number of hydrogen-bond acceptors (Lipinski definition) is 3. The lowest BCUT2D eigenvalue weighted by molar-refractivity contribution is 0.242. The second-order valence-corrected chi connectivity index (χ2v) is 7.75. The van der Waals surface area contributed by atoms with Gasteiger partial charge in [-0.05, 0) is 20.3 Å². The Morgan fingerprint density at radius 3 is 2.05 bits per heavy atom. The minimum atomic E-state index is -0.189. The fraction of sp³-hybridized carbons (Fsp3) is 0.882. The predicted octanol–water partition coefficient (Wildman–Crippen LogP) is 4.77. The lowest BCUT2D eigenvalue weighted by Gasteiger charge is -2.25. The van der Waals surface area contributed by atoms with E-state index in [9.17, 15) is 5.11 Å². The van der Waals surface area contributed by atoms with Gasteiger partial charge in [0.2, 0.25) is 5.88 Å². The van der Waals surface area contributed by atoms with Gasteiger partial charge in [-0.2, -0.15) is 0 Å². The van der Waals surface area contributed by atoms with Crippen LogP contribution in [0.5, 0.6) is 5.88 Å². The standard InChI is InChI=1S/C17H33N3O/c1-7-8-9-10-11-12-13-17(5,6)20-15(21)14(18-19-20)16(2,3)4/h21H,7-13H2,1-6H3. The fourth-order valence-corrected chi connectivity index (χ4v) is 2.61. The first kappa shape index (κ1) is 18.0. The summed E-state index contributed by atoms with van der Waals surface area (Å²) < 4.78 is 1.69. The van der Waals surface area contributed by atoms with Crippen LogP contribution in [0.1, 0.15) is 92.2 Å². The van der Waals surface area contributed by atoms with Crippen LogP contribution in [0.15, 0.2) is 0 Å². The van der Waals surface area contributed by atoms with Crippen molar-refractivity contribution in [2.24, 2.45) is 0 Å². The topological polar surface area (TPSA) is 50.9 Å². The zero-order valence-corrected chi connectivity index (χ0v) is 14.7. The van der Waals surface area contributed by atoms with Crippen LogP contribution >= 0.6 is 0 Å². The zero-order valence-electron chi connectivity index (χ0n) is 14.7. The summed E-state index contributed by atoms with van der Waals surface area (Å²) >= 11 is 0. The molecule has 4 nitrogen and oxygen atoms in total. The molecule has 122 valence electrons. The quantitative estimate of drug-likeness (QED) is 0.703. The number of aromatic nitrogens is 3. The molecule has 0 aliphatic rings. The molecule has 0 saturated heterocycles. The SMILES string of the molecule is CCCCCCCCC(C)(C)n1nnc(C(C)(C)C)c1O. The molecular formula is C17H33N3O. The van der Waals surface area contributed by atoms with E-state index in [0.717, 1.165) is 6.42 Å². The number of rotatable bonds is 8. The number of nitrogens with zero attached hydrogens (tertiary/aromatic N) is 3. The van der Waals surface area contributed by atoms with Gasteiger partial charge in [0.25, 0.3) is 0 Å². The van der Waals surface area contributed by atoms with Gasteiger partial charge < -0.3 is 5.11 Å². The van der Waals surface area contributed by atoms with Gasteiger partial charge in [0.1, 0.15) is 5.69 Å². The highest BCUT2D eigenvalue weighted by molar-refractivity contribution is 5.24. The molecule has 4 heteroatoms. The normalized spacial score (nSPS) is 12.9. The van der Waals surface area contributed by atoms with Crippen molar-refractivity contribution in [2.45, 2.75) is 97.4 Å². The van der Waals surface area contributed by atoms with Crippen molar-refractivity contribution in [1.82, 2.24) is 15.0 Å². The molecule has 0 aliphatic carbocycles. The molecule has 1 N–H and O–H groups in total. The van der Waals surface area contributed by atoms with Crippen LogP contribution in [0.2, 0.25) is 0 Å². The van der Waals surface area contributed by atoms with Crippen LogP contribution < -0.4 is 0 Å². The highest BCUT2D eigenvalue weighted by atomic mass is 16.3. The van der Waals surface area contributed by atoms with Crippen molar-refractivity contribution in [3.63, 3.8) is 0 Å².